The van der Waals surface area contributed by atoms with E-state index in [0.717, 1.165) is 18.6 Å². The topological polar surface area (TPSA) is 9.23 Å². The van der Waals surface area contributed by atoms with Crippen molar-refractivity contribution in [3.05, 3.63) is 82.9 Å². The van der Waals surface area contributed by atoms with Crippen LogP contribution in [0.4, 0.5) is 0 Å². The van der Waals surface area contributed by atoms with Crippen LogP contribution in [0.1, 0.15) is 22.3 Å². The van der Waals surface area contributed by atoms with Crippen molar-refractivity contribution in [3.8, 4) is 5.75 Å². The Labute approximate surface area is 130 Å². The van der Waals surface area contributed by atoms with Crippen LogP contribution < -0.4 is 4.74 Å². The number of rotatable bonds is 3. The molecule has 1 heteroatoms. The monoisotopic (exact) mass is 286 g/mol. The van der Waals surface area contributed by atoms with Crippen LogP contribution in [0.5, 0.6) is 5.75 Å². The average molecular weight is 286 g/mol. The molecule has 0 radical (unpaired) electrons. The minimum Gasteiger partial charge on any atom is -0.497 e. The SMILES string of the molecule is COc1ccc(Cc2cc3c4c(cccc4c2)CC=C3)cc1. The van der Waals surface area contributed by atoms with Crippen LogP contribution in [0.2, 0.25) is 0 Å². The van der Waals surface area contributed by atoms with Crippen molar-refractivity contribution >= 4 is 16.8 Å². The first-order chi connectivity index (χ1) is 10.8. The van der Waals surface area contributed by atoms with E-state index in [1.54, 1.807) is 7.11 Å². The van der Waals surface area contributed by atoms with Gasteiger partial charge in [-0.2, -0.15) is 0 Å². The third kappa shape index (κ3) is 2.29. The Hall–Kier alpha value is -2.54. The molecule has 3 aromatic carbocycles. The molecule has 0 aliphatic heterocycles. The second-order valence-corrected chi connectivity index (χ2v) is 5.83. The second-order valence-electron chi connectivity index (χ2n) is 5.83. The van der Waals surface area contributed by atoms with E-state index >= 15 is 0 Å². The van der Waals surface area contributed by atoms with Crippen LogP contribution in [-0.4, -0.2) is 7.11 Å². The van der Waals surface area contributed by atoms with Crippen molar-refractivity contribution < 1.29 is 4.74 Å². The molecule has 3 aromatic rings. The zero-order chi connectivity index (χ0) is 14.9. The third-order valence-corrected chi connectivity index (χ3v) is 4.36. The van der Waals surface area contributed by atoms with Crippen LogP contribution in [0.15, 0.2) is 60.7 Å². The number of methoxy groups -OCH3 is 1. The van der Waals surface area contributed by atoms with E-state index in [0.29, 0.717) is 0 Å². The molecule has 0 saturated heterocycles. The summed E-state index contributed by atoms with van der Waals surface area (Å²) in [6.45, 7) is 0. The zero-order valence-corrected chi connectivity index (χ0v) is 12.7. The number of ether oxygens (including phenoxy) is 1. The smallest absolute Gasteiger partial charge is 0.118 e. The normalized spacial score (nSPS) is 12.6. The lowest BCUT2D eigenvalue weighted by atomic mass is 9.90. The summed E-state index contributed by atoms with van der Waals surface area (Å²) in [4.78, 5) is 0. The molecule has 0 unspecified atom stereocenters. The van der Waals surface area contributed by atoms with E-state index < -0.39 is 0 Å². The molecule has 0 spiro atoms. The summed E-state index contributed by atoms with van der Waals surface area (Å²) in [5.41, 5.74) is 5.45. The van der Waals surface area contributed by atoms with Gasteiger partial charge in [0.1, 0.15) is 5.75 Å². The molecule has 0 saturated carbocycles. The van der Waals surface area contributed by atoms with Gasteiger partial charge >= 0.3 is 0 Å². The number of hydrogen-bond donors (Lipinski definition) is 0. The lowest BCUT2D eigenvalue weighted by molar-refractivity contribution is 0.414. The Kier molecular flexibility index (Phi) is 3.19. The van der Waals surface area contributed by atoms with E-state index in [1.807, 2.05) is 12.1 Å². The maximum absolute atomic E-state index is 5.23. The summed E-state index contributed by atoms with van der Waals surface area (Å²) < 4.78 is 5.23. The van der Waals surface area contributed by atoms with E-state index in [-0.39, 0.29) is 0 Å². The molecule has 22 heavy (non-hydrogen) atoms. The van der Waals surface area contributed by atoms with Crippen molar-refractivity contribution in [2.75, 3.05) is 7.11 Å². The van der Waals surface area contributed by atoms with Gasteiger partial charge in [0.2, 0.25) is 0 Å². The minimum absolute atomic E-state index is 0.907. The molecule has 1 aliphatic rings. The number of hydrogen-bond acceptors (Lipinski definition) is 1. The standard InChI is InChI=1S/C21H18O/c1-22-20-10-8-15(9-11-20)12-16-13-18-6-2-4-17-5-3-7-19(14-16)21(17)18/h2-4,6-11,13-14H,5,12H2,1H3. The predicted molar refractivity (Wildman–Crippen MR) is 92.5 cm³/mol. The highest BCUT2D eigenvalue weighted by Gasteiger charge is 2.10. The van der Waals surface area contributed by atoms with Crippen LogP contribution in [-0.2, 0) is 12.8 Å². The maximum Gasteiger partial charge on any atom is 0.118 e. The van der Waals surface area contributed by atoms with Gasteiger partial charge in [0.25, 0.3) is 0 Å². The fraction of sp³-hybridized carbons (Fsp3) is 0.143. The van der Waals surface area contributed by atoms with Crippen molar-refractivity contribution in [2.24, 2.45) is 0 Å². The highest BCUT2D eigenvalue weighted by Crippen LogP contribution is 2.30. The van der Waals surface area contributed by atoms with Crippen molar-refractivity contribution in [2.45, 2.75) is 12.8 Å². The van der Waals surface area contributed by atoms with E-state index in [9.17, 15) is 0 Å². The van der Waals surface area contributed by atoms with Crippen LogP contribution in [0.25, 0.3) is 16.8 Å². The van der Waals surface area contributed by atoms with Gasteiger partial charge < -0.3 is 4.74 Å². The fourth-order valence-corrected chi connectivity index (χ4v) is 3.30. The fourth-order valence-electron chi connectivity index (χ4n) is 3.30. The highest BCUT2D eigenvalue weighted by atomic mass is 16.5. The molecule has 0 aromatic heterocycles. The number of allylic oxidation sites excluding steroid dienone is 1. The van der Waals surface area contributed by atoms with Gasteiger partial charge in [-0.05, 0) is 58.0 Å². The molecule has 1 aliphatic carbocycles. The minimum atomic E-state index is 0.907. The quantitative estimate of drug-likeness (QED) is 0.657. The van der Waals surface area contributed by atoms with Crippen molar-refractivity contribution in [1.82, 2.24) is 0 Å². The Morgan fingerprint density at radius 1 is 0.955 bits per heavy atom. The first-order valence-corrected chi connectivity index (χ1v) is 7.67. The summed E-state index contributed by atoms with van der Waals surface area (Å²) >= 11 is 0. The summed E-state index contributed by atoms with van der Waals surface area (Å²) in [6, 6.07) is 19.6. The Morgan fingerprint density at radius 2 is 1.82 bits per heavy atom. The van der Waals surface area contributed by atoms with Crippen LogP contribution in [0, 0.1) is 0 Å². The molecular formula is C21H18O. The summed E-state index contributed by atoms with van der Waals surface area (Å²) in [5.74, 6) is 0.907. The molecule has 108 valence electrons. The summed E-state index contributed by atoms with van der Waals surface area (Å²) in [7, 11) is 1.70. The average Bonchev–Trinajstić information content (AvgIpc) is 2.56. The Bertz CT molecular complexity index is 857. The van der Waals surface area contributed by atoms with Gasteiger partial charge in [-0.1, -0.05) is 54.6 Å². The molecule has 0 bridgehead atoms. The molecule has 0 N–H and O–H groups in total. The van der Waals surface area contributed by atoms with Gasteiger partial charge in [-0.25, -0.2) is 0 Å². The van der Waals surface area contributed by atoms with Crippen LogP contribution >= 0.6 is 0 Å². The molecule has 0 fully saturated rings. The first-order valence-electron chi connectivity index (χ1n) is 7.67. The van der Waals surface area contributed by atoms with Gasteiger partial charge in [-0.15, -0.1) is 0 Å². The lowest BCUT2D eigenvalue weighted by Crippen LogP contribution is -1.96. The molecule has 0 atom stereocenters. The summed E-state index contributed by atoms with van der Waals surface area (Å²) in [5, 5.41) is 2.77. The largest absolute Gasteiger partial charge is 0.497 e. The first kappa shape index (κ1) is 13.1. The van der Waals surface area contributed by atoms with Crippen LogP contribution in [0.3, 0.4) is 0 Å². The molecule has 0 heterocycles. The Balaban J connectivity index is 1.74. The zero-order valence-electron chi connectivity index (χ0n) is 12.7. The van der Waals surface area contributed by atoms with Gasteiger partial charge in [0.15, 0.2) is 0 Å². The predicted octanol–water partition coefficient (Wildman–Crippen LogP) is 5.01. The van der Waals surface area contributed by atoms with Crippen molar-refractivity contribution in [1.29, 1.82) is 0 Å². The third-order valence-electron chi connectivity index (χ3n) is 4.36. The highest BCUT2D eigenvalue weighted by molar-refractivity contribution is 5.95. The van der Waals surface area contributed by atoms with Gasteiger partial charge in [0, 0.05) is 0 Å². The van der Waals surface area contributed by atoms with E-state index in [4.69, 9.17) is 4.74 Å². The van der Waals surface area contributed by atoms with Crippen molar-refractivity contribution in [3.63, 3.8) is 0 Å². The molecule has 0 amide bonds. The molecule has 1 nitrogen and oxygen atoms in total. The summed E-state index contributed by atoms with van der Waals surface area (Å²) in [6.07, 6.45) is 6.51. The lowest BCUT2D eigenvalue weighted by Gasteiger charge is -2.14. The second kappa shape index (κ2) is 5.34. The Morgan fingerprint density at radius 3 is 2.64 bits per heavy atom. The molecule has 4 rings (SSSR count). The number of benzene rings is 3. The van der Waals surface area contributed by atoms with Gasteiger partial charge in [-0.3, -0.25) is 0 Å². The maximum atomic E-state index is 5.23. The molecular weight excluding hydrogens is 268 g/mol. The van der Waals surface area contributed by atoms with E-state index in [2.05, 4.69) is 54.6 Å². The van der Waals surface area contributed by atoms with E-state index in [1.165, 1.54) is 33.0 Å². The van der Waals surface area contributed by atoms with Gasteiger partial charge in [0.05, 0.1) is 7.11 Å².